The molecule has 50 heavy (non-hydrogen) atoms. The predicted octanol–water partition coefficient (Wildman–Crippen LogP) is -0.0271. The van der Waals surface area contributed by atoms with Crippen LogP contribution in [0.1, 0.15) is 43.7 Å². The molecule has 0 radical (unpaired) electrons. The lowest BCUT2D eigenvalue weighted by molar-refractivity contribution is -0.144. The Morgan fingerprint density at radius 1 is 0.860 bits per heavy atom. The molecule has 0 unspecified atom stereocenters. The number of carbonyl (C=O) groups excluding carboxylic acids is 4. The number of likely N-dealkylation sites (N-methyl/N-ethyl adjacent to an activating group) is 3. The van der Waals surface area contributed by atoms with Crippen LogP contribution in [0.5, 0.6) is 11.5 Å². The number of fused-ring (bicyclic) bond motifs is 5. The van der Waals surface area contributed by atoms with Gasteiger partial charge in [-0.3, -0.25) is 19.2 Å². The van der Waals surface area contributed by atoms with Gasteiger partial charge in [-0.05, 0) is 120 Å². The van der Waals surface area contributed by atoms with E-state index in [0.717, 1.165) is 5.56 Å². The molecule has 4 atom stereocenters. The van der Waals surface area contributed by atoms with E-state index in [2.05, 4.69) is 37.2 Å². The predicted molar refractivity (Wildman–Crippen MR) is 194 cm³/mol. The van der Waals surface area contributed by atoms with Gasteiger partial charge in [0, 0.05) is 32.5 Å². The van der Waals surface area contributed by atoms with Crippen molar-refractivity contribution in [3.63, 3.8) is 0 Å². The minimum atomic E-state index is -1.13. The molecule has 0 spiro atoms. The second-order valence-electron chi connectivity index (χ2n) is 12.6. The first-order valence-electron chi connectivity index (χ1n) is 17.5. The van der Waals surface area contributed by atoms with Gasteiger partial charge in [-0.25, -0.2) is 0 Å². The molecule has 276 valence electrons. The zero-order valence-electron chi connectivity index (χ0n) is 30.0. The number of aromatic hydroxyl groups is 2. The van der Waals surface area contributed by atoms with Gasteiger partial charge in [0.05, 0.1) is 6.04 Å². The minimum absolute atomic E-state index is 0.0277. The zero-order chi connectivity index (χ0) is 36.6. The largest absolute Gasteiger partial charge is 0.508 e. The highest BCUT2D eigenvalue weighted by Crippen LogP contribution is 2.31. The third kappa shape index (κ3) is 11.1. The number of nitrogens with zero attached hydrogens (tertiary/aromatic N) is 1. The zero-order valence-corrected chi connectivity index (χ0v) is 30.0. The Balaban J connectivity index is 2.15. The quantitative estimate of drug-likeness (QED) is 0.108. The van der Waals surface area contributed by atoms with Crippen LogP contribution in [0.15, 0.2) is 36.4 Å². The van der Waals surface area contributed by atoms with Gasteiger partial charge >= 0.3 is 0 Å². The van der Waals surface area contributed by atoms with Crippen LogP contribution in [-0.2, 0) is 32.0 Å². The smallest absolute Gasteiger partial charge is 0.245 e. The van der Waals surface area contributed by atoms with E-state index in [9.17, 15) is 29.4 Å². The molecule has 1 aliphatic heterocycles. The van der Waals surface area contributed by atoms with E-state index in [4.69, 9.17) is 0 Å². The Labute approximate surface area is 295 Å². The fourth-order valence-corrected chi connectivity index (χ4v) is 6.15. The van der Waals surface area contributed by atoms with E-state index in [1.54, 1.807) is 64.5 Å². The average Bonchev–Trinajstić information content (AvgIpc) is 3.10. The SMILES string of the molecule is CCN1C(=O)[C@H](CCCNC)NC(=O)[C@@H](NC)Cc2cc(ccc2O)-c2ccc(O)c(c2)C[C@H]1C(=O)N[C@@H](CCCNC)C(=O)NCCNC. The Hall–Kier alpha value is -4.24. The van der Waals surface area contributed by atoms with E-state index >= 15 is 0 Å². The van der Waals surface area contributed by atoms with Crippen molar-refractivity contribution in [1.29, 1.82) is 0 Å². The Bertz CT molecular complexity index is 1440. The van der Waals surface area contributed by atoms with E-state index in [0.29, 0.717) is 68.6 Å². The van der Waals surface area contributed by atoms with Crippen molar-refractivity contribution in [2.24, 2.45) is 0 Å². The van der Waals surface area contributed by atoms with Crippen LogP contribution in [-0.4, -0.2) is 124 Å². The summed E-state index contributed by atoms with van der Waals surface area (Å²) < 4.78 is 0. The highest BCUT2D eigenvalue weighted by molar-refractivity contribution is 5.95. The number of rotatable bonds is 16. The second kappa shape index (κ2) is 20.4. The first kappa shape index (κ1) is 40.2. The molecular weight excluding hydrogens is 640 g/mol. The topological polar surface area (TPSA) is 196 Å². The number of phenols is 2. The monoisotopic (exact) mass is 696 g/mol. The van der Waals surface area contributed by atoms with E-state index in [1.165, 1.54) is 4.90 Å². The molecule has 0 aromatic heterocycles. The van der Waals surface area contributed by atoms with E-state index < -0.39 is 41.9 Å². The molecule has 0 saturated heterocycles. The van der Waals surface area contributed by atoms with Crippen molar-refractivity contribution < 1.29 is 29.4 Å². The van der Waals surface area contributed by atoms with Crippen LogP contribution in [0.4, 0.5) is 0 Å². The number of nitrogens with one attached hydrogen (secondary N) is 7. The summed E-state index contributed by atoms with van der Waals surface area (Å²) in [6, 6.07) is 6.41. The summed E-state index contributed by atoms with van der Waals surface area (Å²) in [5, 5.41) is 42.7. The minimum Gasteiger partial charge on any atom is -0.508 e. The van der Waals surface area contributed by atoms with Gasteiger partial charge in [-0.2, -0.15) is 0 Å². The van der Waals surface area contributed by atoms with E-state index in [-0.39, 0.29) is 36.8 Å². The molecule has 14 heteroatoms. The maximum Gasteiger partial charge on any atom is 0.245 e. The van der Waals surface area contributed by atoms with Crippen molar-refractivity contribution in [3.8, 4) is 22.6 Å². The van der Waals surface area contributed by atoms with Crippen LogP contribution in [0.25, 0.3) is 11.1 Å². The maximum absolute atomic E-state index is 14.5. The van der Waals surface area contributed by atoms with Gasteiger partial charge in [-0.1, -0.05) is 12.1 Å². The molecular formula is C36H56N8O6. The van der Waals surface area contributed by atoms with Crippen molar-refractivity contribution >= 4 is 23.6 Å². The Morgan fingerprint density at radius 2 is 1.46 bits per heavy atom. The molecule has 4 bridgehead atoms. The third-order valence-electron chi connectivity index (χ3n) is 9.06. The van der Waals surface area contributed by atoms with Gasteiger partial charge in [0.1, 0.15) is 29.6 Å². The molecule has 1 heterocycles. The maximum atomic E-state index is 14.5. The van der Waals surface area contributed by atoms with Crippen molar-refractivity contribution in [2.75, 3.05) is 60.9 Å². The van der Waals surface area contributed by atoms with Gasteiger partial charge in [0.15, 0.2) is 0 Å². The third-order valence-corrected chi connectivity index (χ3v) is 9.06. The van der Waals surface area contributed by atoms with Crippen molar-refractivity contribution in [1.82, 2.24) is 42.1 Å². The lowest BCUT2D eigenvalue weighted by atomic mass is 9.95. The molecule has 0 aliphatic carbocycles. The van der Waals surface area contributed by atoms with E-state index in [1.807, 2.05) is 7.05 Å². The second-order valence-corrected chi connectivity index (χ2v) is 12.6. The number of amides is 4. The molecule has 0 saturated carbocycles. The van der Waals surface area contributed by atoms with Crippen molar-refractivity contribution in [2.45, 2.75) is 69.6 Å². The lowest BCUT2D eigenvalue weighted by Gasteiger charge is -2.34. The van der Waals surface area contributed by atoms with Gasteiger partial charge < -0.3 is 52.3 Å². The van der Waals surface area contributed by atoms with Crippen LogP contribution < -0.4 is 37.2 Å². The highest BCUT2D eigenvalue weighted by Gasteiger charge is 2.36. The number of hydrogen-bond acceptors (Lipinski definition) is 10. The highest BCUT2D eigenvalue weighted by atomic mass is 16.3. The number of hydrogen-bond donors (Lipinski definition) is 9. The molecule has 3 rings (SSSR count). The average molecular weight is 697 g/mol. The van der Waals surface area contributed by atoms with Gasteiger partial charge in [0.2, 0.25) is 23.6 Å². The fraction of sp³-hybridized carbons (Fsp3) is 0.556. The summed E-state index contributed by atoms with van der Waals surface area (Å²) in [5.74, 6) is -1.78. The molecule has 9 N–H and O–H groups in total. The van der Waals surface area contributed by atoms with Crippen molar-refractivity contribution in [3.05, 3.63) is 47.5 Å². The summed E-state index contributed by atoms with van der Waals surface area (Å²) in [6.45, 7) is 4.05. The Kier molecular flexibility index (Phi) is 16.4. The molecule has 4 amide bonds. The molecule has 0 fully saturated rings. The number of benzene rings is 2. The van der Waals surface area contributed by atoms with Crippen LogP contribution in [0.3, 0.4) is 0 Å². The Morgan fingerprint density at radius 3 is 2.04 bits per heavy atom. The standard InChI is InChI=1S/C36H56N8O6/c1-6-44-30(35(49)42-27(9-7-15-37-2)33(47)41-18-17-39-4)22-26-20-24(12-14-32(26)46)23-11-13-31(45)25(19-23)21-29(40-5)34(48)43-28(36(44)50)10-8-16-38-3/h11-14,19-20,27-30,37-40,45-46H,6-10,15-18,21-22H2,1-5H3,(H,41,47)(H,42,49)(H,43,48)/t27-,28-,29-,30-/m0/s1. The lowest BCUT2D eigenvalue weighted by Crippen LogP contribution is -2.60. The molecule has 1 aliphatic rings. The fourth-order valence-electron chi connectivity index (χ4n) is 6.15. The summed E-state index contributed by atoms with van der Waals surface area (Å²) in [4.78, 5) is 57.3. The normalized spacial score (nSPS) is 18.8. The van der Waals surface area contributed by atoms with Crippen LogP contribution in [0.2, 0.25) is 0 Å². The van der Waals surface area contributed by atoms with Crippen LogP contribution in [0, 0.1) is 0 Å². The van der Waals surface area contributed by atoms with Gasteiger partial charge in [-0.15, -0.1) is 0 Å². The van der Waals surface area contributed by atoms with Crippen LogP contribution >= 0.6 is 0 Å². The number of phenolic OH excluding ortho intramolecular Hbond substituents is 2. The molecule has 2 aromatic carbocycles. The molecule has 2 aromatic rings. The summed E-state index contributed by atoms with van der Waals surface area (Å²) in [5.41, 5.74) is 2.41. The summed E-state index contributed by atoms with van der Waals surface area (Å²) in [7, 11) is 7.04. The number of carbonyl (C=O) groups is 4. The van der Waals surface area contributed by atoms with Gasteiger partial charge in [0.25, 0.3) is 0 Å². The molecule has 14 nitrogen and oxygen atoms in total. The first-order chi connectivity index (χ1) is 24.1. The summed E-state index contributed by atoms with van der Waals surface area (Å²) in [6.07, 6.45) is 1.94. The first-order valence-corrected chi connectivity index (χ1v) is 17.5. The summed E-state index contributed by atoms with van der Waals surface area (Å²) >= 11 is 0.